The fourth-order valence-corrected chi connectivity index (χ4v) is 1.68. The highest BCUT2D eigenvalue weighted by molar-refractivity contribution is 14.0. The van der Waals surface area contributed by atoms with Gasteiger partial charge in [0.05, 0.1) is 0 Å². The van der Waals surface area contributed by atoms with Crippen LogP contribution in [0.3, 0.4) is 0 Å². The summed E-state index contributed by atoms with van der Waals surface area (Å²) in [7, 11) is 1.76. The predicted octanol–water partition coefficient (Wildman–Crippen LogP) is 2.52. The Kier molecular flexibility index (Phi) is 5.84. The van der Waals surface area contributed by atoms with Gasteiger partial charge in [-0.25, -0.2) is 4.39 Å². The summed E-state index contributed by atoms with van der Waals surface area (Å²) < 4.78 is 12.7. The summed E-state index contributed by atoms with van der Waals surface area (Å²) in [6.07, 6.45) is 1.21. The van der Waals surface area contributed by atoms with Gasteiger partial charge in [0, 0.05) is 19.6 Å². The zero-order valence-corrected chi connectivity index (χ0v) is 12.9. The molecule has 1 aromatic rings. The van der Waals surface area contributed by atoms with Crippen LogP contribution >= 0.6 is 24.0 Å². The summed E-state index contributed by atoms with van der Waals surface area (Å²) in [4.78, 5) is 4.16. The fraction of sp³-hybridized carbons (Fsp3) is 0.462. The van der Waals surface area contributed by atoms with Crippen LogP contribution in [0.1, 0.15) is 18.9 Å². The van der Waals surface area contributed by atoms with Crippen LogP contribution in [0, 0.1) is 11.7 Å². The molecule has 0 amide bonds. The van der Waals surface area contributed by atoms with Gasteiger partial charge in [-0.3, -0.25) is 4.99 Å². The number of aliphatic imine (C=N–C) groups is 1. The van der Waals surface area contributed by atoms with Gasteiger partial charge in [-0.05, 0) is 30.0 Å². The molecule has 100 valence electrons. The molecule has 1 aromatic carbocycles. The SMILES string of the molecule is CN=C(NCc1ccc(F)cc1)NC1CC1C.I. The predicted molar refractivity (Wildman–Crippen MR) is 82.7 cm³/mol. The third kappa shape index (κ3) is 4.44. The van der Waals surface area contributed by atoms with Crippen LogP contribution in [-0.2, 0) is 6.54 Å². The lowest BCUT2D eigenvalue weighted by Crippen LogP contribution is -2.38. The maximum Gasteiger partial charge on any atom is 0.191 e. The first-order valence-corrected chi connectivity index (χ1v) is 5.90. The molecule has 2 unspecified atom stereocenters. The van der Waals surface area contributed by atoms with Crippen molar-refractivity contribution in [1.82, 2.24) is 10.6 Å². The van der Waals surface area contributed by atoms with E-state index in [4.69, 9.17) is 0 Å². The Morgan fingerprint density at radius 1 is 1.39 bits per heavy atom. The lowest BCUT2D eigenvalue weighted by atomic mass is 10.2. The summed E-state index contributed by atoms with van der Waals surface area (Å²) >= 11 is 0. The Balaban J connectivity index is 0.00000162. The highest BCUT2D eigenvalue weighted by atomic mass is 127. The van der Waals surface area contributed by atoms with Crippen molar-refractivity contribution in [2.45, 2.75) is 25.9 Å². The van der Waals surface area contributed by atoms with E-state index in [1.165, 1.54) is 18.6 Å². The zero-order valence-electron chi connectivity index (χ0n) is 10.6. The van der Waals surface area contributed by atoms with Crippen molar-refractivity contribution in [3.8, 4) is 0 Å². The normalized spacial score (nSPS) is 22.1. The molecule has 0 radical (unpaired) electrons. The number of nitrogens with one attached hydrogen (secondary N) is 2. The third-order valence-electron chi connectivity index (χ3n) is 3.03. The van der Waals surface area contributed by atoms with Gasteiger partial charge in [0.2, 0.25) is 0 Å². The van der Waals surface area contributed by atoms with Crippen molar-refractivity contribution in [1.29, 1.82) is 0 Å². The first-order valence-electron chi connectivity index (χ1n) is 5.90. The molecule has 0 spiro atoms. The lowest BCUT2D eigenvalue weighted by molar-refractivity contribution is 0.626. The molecule has 0 aliphatic heterocycles. The van der Waals surface area contributed by atoms with E-state index in [-0.39, 0.29) is 29.8 Å². The fourth-order valence-electron chi connectivity index (χ4n) is 1.68. The van der Waals surface area contributed by atoms with Gasteiger partial charge >= 0.3 is 0 Å². The second-order valence-electron chi connectivity index (χ2n) is 4.52. The van der Waals surface area contributed by atoms with Crippen molar-refractivity contribution in [3.63, 3.8) is 0 Å². The van der Waals surface area contributed by atoms with Gasteiger partial charge in [-0.2, -0.15) is 0 Å². The zero-order chi connectivity index (χ0) is 12.3. The number of guanidine groups is 1. The standard InChI is InChI=1S/C13H18FN3.HI/c1-9-7-12(9)17-13(15-2)16-8-10-3-5-11(14)6-4-10;/h3-6,9,12H,7-8H2,1-2H3,(H2,15,16,17);1H. The van der Waals surface area contributed by atoms with Gasteiger partial charge in [-0.1, -0.05) is 19.1 Å². The average molecular weight is 363 g/mol. The van der Waals surface area contributed by atoms with Gasteiger partial charge in [0.25, 0.3) is 0 Å². The second-order valence-corrected chi connectivity index (χ2v) is 4.52. The number of hydrogen-bond donors (Lipinski definition) is 2. The van der Waals surface area contributed by atoms with E-state index in [0.717, 1.165) is 17.4 Å². The quantitative estimate of drug-likeness (QED) is 0.492. The van der Waals surface area contributed by atoms with E-state index < -0.39 is 0 Å². The second kappa shape index (κ2) is 6.92. The first kappa shape index (κ1) is 15.2. The molecule has 3 nitrogen and oxygen atoms in total. The maximum atomic E-state index is 12.7. The first-order chi connectivity index (χ1) is 8.19. The highest BCUT2D eigenvalue weighted by Crippen LogP contribution is 2.28. The van der Waals surface area contributed by atoms with Crippen molar-refractivity contribution >= 4 is 29.9 Å². The van der Waals surface area contributed by atoms with E-state index in [0.29, 0.717) is 12.6 Å². The summed E-state index contributed by atoms with van der Waals surface area (Å²) in [5, 5.41) is 6.55. The molecule has 0 aromatic heterocycles. The molecule has 18 heavy (non-hydrogen) atoms. The molecule has 2 N–H and O–H groups in total. The molecule has 5 heteroatoms. The Labute approximate surface area is 124 Å². The van der Waals surface area contributed by atoms with Crippen LogP contribution in [-0.4, -0.2) is 19.0 Å². The Bertz CT molecular complexity index is 405. The largest absolute Gasteiger partial charge is 0.353 e. The summed E-state index contributed by atoms with van der Waals surface area (Å²) in [5.74, 6) is 1.34. The average Bonchev–Trinajstić information content (AvgIpc) is 3.02. The van der Waals surface area contributed by atoms with E-state index in [1.807, 2.05) is 0 Å². The minimum atomic E-state index is -0.205. The van der Waals surface area contributed by atoms with E-state index in [2.05, 4.69) is 22.5 Å². The molecule has 1 saturated carbocycles. The maximum absolute atomic E-state index is 12.7. The number of halogens is 2. The van der Waals surface area contributed by atoms with Crippen LogP contribution in [0.2, 0.25) is 0 Å². The molecule has 0 saturated heterocycles. The van der Waals surface area contributed by atoms with Crippen LogP contribution in [0.15, 0.2) is 29.3 Å². The third-order valence-corrected chi connectivity index (χ3v) is 3.03. The molecular weight excluding hydrogens is 344 g/mol. The Hall–Kier alpha value is -0.850. The van der Waals surface area contributed by atoms with E-state index in [1.54, 1.807) is 19.2 Å². The monoisotopic (exact) mass is 363 g/mol. The van der Waals surface area contributed by atoms with Gasteiger partial charge in [0.1, 0.15) is 5.82 Å². The van der Waals surface area contributed by atoms with E-state index >= 15 is 0 Å². The number of rotatable bonds is 3. The van der Waals surface area contributed by atoms with Gasteiger partial charge < -0.3 is 10.6 Å². The van der Waals surface area contributed by atoms with Gasteiger partial charge in [-0.15, -0.1) is 24.0 Å². The molecule has 0 bridgehead atoms. The van der Waals surface area contributed by atoms with Crippen LogP contribution in [0.5, 0.6) is 0 Å². The minimum absolute atomic E-state index is 0. The summed E-state index contributed by atoms with van der Waals surface area (Å²) in [6, 6.07) is 7.03. The number of hydrogen-bond acceptors (Lipinski definition) is 1. The molecular formula is C13H19FIN3. The smallest absolute Gasteiger partial charge is 0.191 e. The molecule has 2 atom stereocenters. The van der Waals surface area contributed by atoms with Crippen molar-refractivity contribution in [2.75, 3.05) is 7.05 Å². The molecule has 0 heterocycles. The Morgan fingerprint density at radius 2 is 2.00 bits per heavy atom. The highest BCUT2D eigenvalue weighted by Gasteiger charge is 2.33. The van der Waals surface area contributed by atoms with E-state index in [9.17, 15) is 4.39 Å². The molecule has 1 aliphatic rings. The van der Waals surface area contributed by atoms with Crippen molar-refractivity contribution in [3.05, 3.63) is 35.6 Å². The Morgan fingerprint density at radius 3 is 2.50 bits per heavy atom. The minimum Gasteiger partial charge on any atom is -0.353 e. The molecule has 2 rings (SSSR count). The molecule has 1 aliphatic carbocycles. The van der Waals surface area contributed by atoms with Crippen LogP contribution < -0.4 is 10.6 Å². The summed E-state index contributed by atoms with van der Waals surface area (Å²) in [6.45, 7) is 2.87. The number of nitrogens with zero attached hydrogens (tertiary/aromatic N) is 1. The van der Waals surface area contributed by atoms with Crippen LogP contribution in [0.4, 0.5) is 4.39 Å². The van der Waals surface area contributed by atoms with Crippen molar-refractivity contribution in [2.24, 2.45) is 10.9 Å². The topological polar surface area (TPSA) is 36.4 Å². The lowest BCUT2D eigenvalue weighted by Gasteiger charge is -2.11. The molecule has 1 fully saturated rings. The van der Waals surface area contributed by atoms with Crippen molar-refractivity contribution < 1.29 is 4.39 Å². The number of benzene rings is 1. The summed E-state index contributed by atoms with van der Waals surface area (Å²) in [5.41, 5.74) is 1.04. The van der Waals surface area contributed by atoms with Gasteiger partial charge in [0.15, 0.2) is 5.96 Å². The van der Waals surface area contributed by atoms with Crippen LogP contribution in [0.25, 0.3) is 0 Å².